The second kappa shape index (κ2) is 6.61. The lowest BCUT2D eigenvalue weighted by molar-refractivity contribution is -0.122. The molecular formula is C19H22N2O3. The molecule has 2 unspecified atom stereocenters. The van der Waals surface area contributed by atoms with Gasteiger partial charge in [0.25, 0.3) is 5.91 Å². The van der Waals surface area contributed by atoms with Crippen LogP contribution in [0.25, 0.3) is 0 Å². The first-order valence-electron chi connectivity index (χ1n) is 8.12. The highest BCUT2D eigenvalue weighted by Crippen LogP contribution is 2.43. The van der Waals surface area contributed by atoms with E-state index in [1.165, 1.54) is 12.3 Å². The number of H-pyrrole nitrogens is 1. The molecule has 1 amide bonds. The molecule has 1 heterocycles. The number of benzene rings is 1. The maximum Gasteiger partial charge on any atom is 0.251 e. The molecule has 0 saturated heterocycles. The summed E-state index contributed by atoms with van der Waals surface area (Å²) in [5, 5.41) is 3.01. The Hall–Kier alpha value is -2.40. The van der Waals surface area contributed by atoms with Gasteiger partial charge >= 0.3 is 0 Å². The van der Waals surface area contributed by atoms with Gasteiger partial charge in [-0.1, -0.05) is 44.2 Å². The van der Waals surface area contributed by atoms with Gasteiger partial charge in [-0.2, -0.15) is 0 Å². The van der Waals surface area contributed by atoms with Gasteiger partial charge in [-0.3, -0.25) is 9.59 Å². The number of ether oxygens (including phenoxy) is 1. The Morgan fingerprint density at radius 2 is 2.04 bits per heavy atom. The van der Waals surface area contributed by atoms with Gasteiger partial charge in [-0.05, 0) is 18.1 Å². The topological polar surface area (TPSA) is 71.2 Å². The summed E-state index contributed by atoms with van der Waals surface area (Å²) < 4.78 is 6.01. The van der Waals surface area contributed by atoms with E-state index < -0.39 is 0 Å². The summed E-state index contributed by atoms with van der Waals surface area (Å²) in [6.45, 7) is 4.76. The van der Waals surface area contributed by atoms with Crippen LogP contribution in [0, 0.1) is 5.41 Å². The average Bonchev–Trinajstić information content (AvgIpc) is 2.58. The number of rotatable bonds is 5. The van der Waals surface area contributed by atoms with E-state index >= 15 is 0 Å². The summed E-state index contributed by atoms with van der Waals surface area (Å²) in [5.41, 5.74) is 1.10. The summed E-state index contributed by atoms with van der Waals surface area (Å²) >= 11 is 0. The fourth-order valence-electron chi connectivity index (χ4n) is 3.01. The fourth-order valence-corrected chi connectivity index (χ4v) is 3.01. The molecule has 2 aromatic rings. The lowest BCUT2D eigenvalue weighted by Gasteiger charge is -2.51. The third-order valence-electron chi connectivity index (χ3n) is 4.81. The average molecular weight is 326 g/mol. The smallest absolute Gasteiger partial charge is 0.251 e. The molecule has 1 fully saturated rings. The Bertz CT molecular complexity index is 767. The molecule has 1 aromatic carbocycles. The van der Waals surface area contributed by atoms with Crippen LogP contribution in [0.2, 0.25) is 0 Å². The van der Waals surface area contributed by atoms with Crippen molar-refractivity contribution in [3.8, 4) is 0 Å². The zero-order valence-electron chi connectivity index (χ0n) is 13.9. The largest absolute Gasteiger partial charge is 0.373 e. The minimum atomic E-state index is -0.278. The van der Waals surface area contributed by atoms with Gasteiger partial charge in [0.1, 0.15) is 0 Å². The van der Waals surface area contributed by atoms with Gasteiger partial charge in [0.05, 0.1) is 12.7 Å². The van der Waals surface area contributed by atoms with Crippen LogP contribution in [0.1, 0.15) is 36.2 Å². The summed E-state index contributed by atoms with van der Waals surface area (Å²) in [7, 11) is 0. The molecular weight excluding hydrogens is 304 g/mol. The predicted molar refractivity (Wildman–Crippen MR) is 91.7 cm³/mol. The van der Waals surface area contributed by atoms with E-state index in [0.29, 0.717) is 12.2 Å². The lowest BCUT2D eigenvalue weighted by atomic mass is 9.64. The number of aromatic nitrogens is 1. The molecule has 24 heavy (non-hydrogen) atoms. The van der Waals surface area contributed by atoms with Crippen LogP contribution >= 0.6 is 0 Å². The fraction of sp³-hybridized carbons (Fsp3) is 0.368. The van der Waals surface area contributed by atoms with E-state index in [0.717, 1.165) is 12.0 Å². The first-order valence-corrected chi connectivity index (χ1v) is 8.12. The maximum absolute atomic E-state index is 12.3. The van der Waals surface area contributed by atoms with E-state index in [9.17, 15) is 9.59 Å². The highest BCUT2D eigenvalue weighted by Gasteiger charge is 2.49. The number of hydrogen-bond donors (Lipinski definition) is 2. The Labute approximate surface area is 141 Å². The summed E-state index contributed by atoms with van der Waals surface area (Å²) in [6, 6.07) is 13.0. The standard InChI is InChI=1S/C19H22N2O3/c1-19(2)15(21-18(23)14-8-9-20-17(22)10-14)11-16(19)24-12-13-6-4-3-5-7-13/h3-10,15-16H,11-12H2,1-2H3,(H,20,22)(H,21,23). The van der Waals surface area contributed by atoms with Gasteiger partial charge in [0.15, 0.2) is 0 Å². The molecule has 1 saturated carbocycles. The Balaban J connectivity index is 1.56. The van der Waals surface area contributed by atoms with Crippen LogP contribution < -0.4 is 10.9 Å². The molecule has 0 spiro atoms. The minimum Gasteiger partial charge on any atom is -0.373 e. The summed E-state index contributed by atoms with van der Waals surface area (Å²) in [5.74, 6) is -0.222. The molecule has 0 radical (unpaired) electrons. The molecule has 3 rings (SSSR count). The van der Waals surface area contributed by atoms with Gasteiger partial charge < -0.3 is 15.0 Å². The number of carbonyl (C=O) groups is 1. The van der Waals surface area contributed by atoms with Crippen LogP contribution in [0.3, 0.4) is 0 Å². The Morgan fingerprint density at radius 3 is 2.71 bits per heavy atom. The molecule has 1 aliphatic rings. The van der Waals surface area contributed by atoms with Crippen molar-refractivity contribution < 1.29 is 9.53 Å². The van der Waals surface area contributed by atoms with Crippen molar-refractivity contribution in [1.29, 1.82) is 0 Å². The quantitative estimate of drug-likeness (QED) is 0.887. The molecule has 5 heteroatoms. The predicted octanol–water partition coefficient (Wildman–Crippen LogP) is 2.49. The van der Waals surface area contributed by atoms with Crippen molar-refractivity contribution >= 4 is 5.91 Å². The third kappa shape index (κ3) is 3.41. The van der Waals surface area contributed by atoms with Crippen LogP contribution in [0.5, 0.6) is 0 Å². The zero-order valence-corrected chi connectivity index (χ0v) is 13.9. The maximum atomic E-state index is 12.3. The zero-order chi connectivity index (χ0) is 17.2. The number of aromatic amines is 1. The minimum absolute atomic E-state index is 0.0325. The van der Waals surface area contributed by atoms with Gasteiger partial charge in [0, 0.05) is 29.3 Å². The van der Waals surface area contributed by atoms with Crippen molar-refractivity contribution in [2.75, 3.05) is 0 Å². The van der Waals surface area contributed by atoms with Crippen LogP contribution in [0.4, 0.5) is 0 Å². The first-order chi connectivity index (χ1) is 11.5. The number of hydrogen-bond acceptors (Lipinski definition) is 3. The highest BCUT2D eigenvalue weighted by atomic mass is 16.5. The van der Waals surface area contributed by atoms with Gasteiger partial charge in [-0.15, -0.1) is 0 Å². The number of amides is 1. The van der Waals surface area contributed by atoms with Crippen molar-refractivity contribution in [2.45, 2.75) is 39.0 Å². The van der Waals surface area contributed by atoms with Gasteiger partial charge in [0.2, 0.25) is 5.56 Å². The van der Waals surface area contributed by atoms with Crippen molar-refractivity contribution in [1.82, 2.24) is 10.3 Å². The van der Waals surface area contributed by atoms with Crippen molar-refractivity contribution in [3.63, 3.8) is 0 Å². The first kappa shape index (κ1) is 16.5. The summed E-state index contributed by atoms with van der Waals surface area (Å²) in [4.78, 5) is 26.1. The van der Waals surface area contributed by atoms with Crippen LogP contribution in [0.15, 0.2) is 53.5 Å². The Morgan fingerprint density at radius 1 is 1.29 bits per heavy atom. The summed E-state index contributed by atoms with van der Waals surface area (Å²) in [6.07, 6.45) is 2.35. The van der Waals surface area contributed by atoms with E-state index in [-0.39, 0.29) is 29.0 Å². The molecule has 2 N–H and O–H groups in total. The van der Waals surface area contributed by atoms with E-state index in [2.05, 4.69) is 24.1 Å². The normalized spacial score (nSPS) is 21.8. The molecule has 2 atom stereocenters. The molecule has 1 aromatic heterocycles. The second-order valence-corrected chi connectivity index (χ2v) is 6.81. The highest BCUT2D eigenvalue weighted by molar-refractivity contribution is 5.94. The number of pyridine rings is 1. The molecule has 5 nitrogen and oxygen atoms in total. The van der Waals surface area contributed by atoms with E-state index in [1.807, 2.05) is 30.3 Å². The van der Waals surface area contributed by atoms with Gasteiger partial charge in [-0.25, -0.2) is 0 Å². The number of carbonyl (C=O) groups excluding carboxylic acids is 1. The Kier molecular flexibility index (Phi) is 4.53. The second-order valence-electron chi connectivity index (χ2n) is 6.81. The monoisotopic (exact) mass is 326 g/mol. The number of nitrogens with one attached hydrogen (secondary N) is 2. The molecule has 0 bridgehead atoms. The molecule has 126 valence electrons. The van der Waals surface area contributed by atoms with E-state index in [1.54, 1.807) is 6.07 Å². The third-order valence-corrected chi connectivity index (χ3v) is 4.81. The molecule has 0 aliphatic heterocycles. The van der Waals surface area contributed by atoms with Crippen molar-refractivity contribution in [2.24, 2.45) is 5.41 Å². The van der Waals surface area contributed by atoms with Crippen LogP contribution in [-0.4, -0.2) is 23.0 Å². The SMILES string of the molecule is CC1(C)C(NC(=O)c2cc[nH]c(=O)c2)CC1OCc1ccccc1. The molecule has 1 aliphatic carbocycles. The lowest BCUT2D eigenvalue weighted by Crippen LogP contribution is -2.62. The van der Waals surface area contributed by atoms with Crippen molar-refractivity contribution in [3.05, 3.63) is 70.1 Å². The van der Waals surface area contributed by atoms with E-state index in [4.69, 9.17) is 4.74 Å². The van der Waals surface area contributed by atoms with Crippen LogP contribution in [-0.2, 0) is 11.3 Å².